The van der Waals surface area contributed by atoms with Gasteiger partial charge in [-0.2, -0.15) is 0 Å². The van der Waals surface area contributed by atoms with Crippen LogP contribution in [-0.2, 0) is 9.53 Å². The van der Waals surface area contributed by atoms with E-state index in [1.54, 1.807) is 0 Å². The summed E-state index contributed by atoms with van der Waals surface area (Å²) in [5.41, 5.74) is 0.591. The van der Waals surface area contributed by atoms with Crippen LogP contribution in [0.2, 0.25) is 0 Å². The smallest absolute Gasteiger partial charge is 0.169 e. The van der Waals surface area contributed by atoms with Gasteiger partial charge in [0.25, 0.3) is 0 Å². The quantitative estimate of drug-likeness (QED) is 0.610. The topological polar surface area (TPSA) is 26.3 Å². The van der Waals surface area contributed by atoms with Crippen molar-refractivity contribution in [2.24, 2.45) is 5.41 Å². The molecule has 0 aromatic heterocycles. The highest BCUT2D eigenvalue weighted by molar-refractivity contribution is 9.11. The zero-order valence-electron chi connectivity index (χ0n) is 5.98. The Hall–Kier alpha value is -0.310. The van der Waals surface area contributed by atoms with Gasteiger partial charge in [0.2, 0.25) is 0 Å². The van der Waals surface area contributed by atoms with Crippen LogP contribution in [0.15, 0.2) is 10.2 Å². The molecule has 1 aliphatic heterocycles. The van der Waals surface area contributed by atoms with Crippen LogP contribution >= 0.6 is 15.9 Å². The zero-order valence-corrected chi connectivity index (χ0v) is 7.56. The van der Waals surface area contributed by atoms with Gasteiger partial charge >= 0.3 is 0 Å². The predicted octanol–water partition coefficient (Wildman–Crippen LogP) is 1.85. The molecular formula is C7H9BrO2. The monoisotopic (exact) mass is 204 g/mol. The lowest BCUT2D eigenvalue weighted by atomic mass is 9.88. The molecule has 1 heterocycles. The van der Waals surface area contributed by atoms with Gasteiger partial charge in [0, 0.05) is 5.41 Å². The van der Waals surface area contributed by atoms with Gasteiger partial charge < -0.3 is 4.74 Å². The highest BCUT2D eigenvalue weighted by Crippen LogP contribution is 2.37. The molecule has 0 fully saturated rings. The molecule has 56 valence electrons. The van der Waals surface area contributed by atoms with Gasteiger partial charge in [-0.3, -0.25) is 4.79 Å². The first-order valence-electron chi connectivity index (χ1n) is 3.06. The fourth-order valence-corrected chi connectivity index (χ4v) is 1.62. The fraction of sp³-hybridized carbons (Fsp3) is 0.571. The Bertz CT molecular complexity index is 194. The second-order valence-electron chi connectivity index (χ2n) is 2.98. The minimum absolute atomic E-state index is 0.124. The summed E-state index contributed by atoms with van der Waals surface area (Å²) in [5, 5.41) is 0. The van der Waals surface area contributed by atoms with E-state index < -0.39 is 0 Å². The van der Waals surface area contributed by atoms with Gasteiger partial charge in [-0.05, 0) is 15.9 Å². The Morgan fingerprint density at radius 2 is 2.30 bits per heavy atom. The van der Waals surface area contributed by atoms with E-state index in [1.165, 1.54) is 0 Å². The standard InChI is InChI=1S/C7H9BrO2/c1-7(2)4-10-6(8)5(7)3-9/h3H,4H2,1-2H3. The molecule has 0 aromatic rings. The second-order valence-corrected chi connectivity index (χ2v) is 3.70. The SMILES string of the molecule is CC1(C)COC(Br)=C1C=O. The van der Waals surface area contributed by atoms with Crippen molar-refractivity contribution in [2.75, 3.05) is 6.61 Å². The number of hydrogen-bond donors (Lipinski definition) is 0. The Morgan fingerprint density at radius 1 is 1.70 bits per heavy atom. The first-order valence-corrected chi connectivity index (χ1v) is 3.85. The third-order valence-corrected chi connectivity index (χ3v) is 2.27. The third kappa shape index (κ3) is 1.10. The van der Waals surface area contributed by atoms with Crippen molar-refractivity contribution in [1.82, 2.24) is 0 Å². The maximum atomic E-state index is 10.5. The molecule has 3 heteroatoms. The van der Waals surface area contributed by atoms with Crippen LogP contribution in [0.4, 0.5) is 0 Å². The van der Waals surface area contributed by atoms with E-state index in [0.717, 1.165) is 6.29 Å². The van der Waals surface area contributed by atoms with Crippen molar-refractivity contribution in [3.63, 3.8) is 0 Å². The van der Waals surface area contributed by atoms with Gasteiger partial charge in [-0.25, -0.2) is 0 Å². The van der Waals surface area contributed by atoms with Crippen molar-refractivity contribution in [3.05, 3.63) is 10.2 Å². The second kappa shape index (κ2) is 2.38. The molecule has 0 atom stereocenters. The van der Waals surface area contributed by atoms with Crippen molar-refractivity contribution in [3.8, 4) is 0 Å². The molecule has 0 N–H and O–H groups in total. The molecule has 1 aliphatic rings. The van der Waals surface area contributed by atoms with E-state index in [9.17, 15) is 4.79 Å². The van der Waals surface area contributed by atoms with Crippen LogP contribution in [0, 0.1) is 5.41 Å². The van der Waals surface area contributed by atoms with Crippen LogP contribution in [-0.4, -0.2) is 12.9 Å². The number of hydrogen-bond acceptors (Lipinski definition) is 2. The van der Waals surface area contributed by atoms with E-state index in [4.69, 9.17) is 4.74 Å². The van der Waals surface area contributed by atoms with Gasteiger partial charge in [0.1, 0.15) is 0 Å². The predicted molar refractivity (Wildman–Crippen MR) is 41.8 cm³/mol. The number of ether oxygens (including phenoxy) is 1. The van der Waals surface area contributed by atoms with Gasteiger partial charge in [-0.15, -0.1) is 0 Å². The minimum Gasteiger partial charge on any atom is -0.485 e. The van der Waals surface area contributed by atoms with Crippen LogP contribution in [0.25, 0.3) is 0 Å². The lowest BCUT2D eigenvalue weighted by Gasteiger charge is -2.14. The van der Waals surface area contributed by atoms with Crippen molar-refractivity contribution in [2.45, 2.75) is 13.8 Å². The normalized spacial score (nSPS) is 22.7. The van der Waals surface area contributed by atoms with E-state index in [-0.39, 0.29) is 5.41 Å². The third-order valence-electron chi connectivity index (χ3n) is 1.62. The molecule has 0 aromatic carbocycles. The number of carbonyl (C=O) groups is 1. The molecular weight excluding hydrogens is 196 g/mol. The largest absolute Gasteiger partial charge is 0.485 e. The van der Waals surface area contributed by atoms with Gasteiger partial charge in [-0.1, -0.05) is 13.8 Å². The molecule has 2 nitrogen and oxygen atoms in total. The van der Waals surface area contributed by atoms with Gasteiger partial charge in [0.15, 0.2) is 11.0 Å². The van der Waals surface area contributed by atoms with Crippen molar-refractivity contribution >= 4 is 22.2 Å². The fourth-order valence-electron chi connectivity index (χ4n) is 0.871. The molecule has 0 saturated carbocycles. The summed E-state index contributed by atoms with van der Waals surface area (Å²) in [5.74, 6) is 0. The van der Waals surface area contributed by atoms with E-state index >= 15 is 0 Å². The molecule has 10 heavy (non-hydrogen) atoms. The first kappa shape index (κ1) is 7.79. The van der Waals surface area contributed by atoms with E-state index in [1.807, 2.05) is 13.8 Å². The molecule has 0 spiro atoms. The minimum atomic E-state index is -0.124. The average molecular weight is 205 g/mol. The molecule has 0 unspecified atom stereocenters. The zero-order chi connectivity index (χ0) is 7.78. The average Bonchev–Trinajstić information content (AvgIpc) is 2.07. The molecule has 0 aliphatic carbocycles. The molecule has 0 bridgehead atoms. The highest BCUT2D eigenvalue weighted by Gasteiger charge is 2.33. The number of rotatable bonds is 1. The number of aldehydes is 1. The molecule has 0 radical (unpaired) electrons. The first-order chi connectivity index (χ1) is 4.58. The van der Waals surface area contributed by atoms with E-state index in [0.29, 0.717) is 16.8 Å². The molecule has 0 amide bonds. The van der Waals surface area contributed by atoms with Crippen LogP contribution in [0.5, 0.6) is 0 Å². The summed E-state index contributed by atoms with van der Waals surface area (Å²) in [6.45, 7) is 4.54. The number of carbonyl (C=O) groups excluding carboxylic acids is 1. The van der Waals surface area contributed by atoms with Crippen molar-refractivity contribution < 1.29 is 9.53 Å². The molecule has 1 rings (SSSR count). The van der Waals surface area contributed by atoms with E-state index in [2.05, 4.69) is 15.9 Å². The maximum Gasteiger partial charge on any atom is 0.169 e. The summed E-state index contributed by atoms with van der Waals surface area (Å²) >= 11 is 3.17. The summed E-state index contributed by atoms with van der Waals surface area (Å²) in [6, 6.07) is 0. The Kier molecular flexibility index (Phi) is 1.86. The highest BCUT2D eigenvalue weighted by atomic mass is 79.9. The van der Waals surface area contributed by atoms with Crippen LogP contribution in [0.1, 0.15) is 13.8 Å². The summed E-state index contributed by atoms with van der Waals surface area (Å²) in [4.78, 5) is 10.5. The maximum absolute atomic E-state index is 10.5. The van der Waals surface area contributed by atoms with Crippen LogP contribution < -0.4 is 0 Å². The van der Waals surface area contributed by atoms with Crippen LogP contribution in [0.3, 0.4) is 0 Å². The Morgan fingerprint density at radius 3 is 2.50 bits per heavy atom. The number of halogens is 1. The summed E-state index contributed by atoms with van der Waals surface area (Å²) in [6.07, 6.45) is 0.844. The lowest BCUT2D eigenvalue weighted by Crippen LogP contribution is -2.15. The van der Waals surface area contributed by atoms with Crippen molar-refractivity contribution in [1.29, 1.82) is 0 Å². The summed E-state index contributed by atoms with van der Waals surface area (Å²) in [7, 11) is 0. The summed E-state index contributed by atoms with van der Waals surface area (Å²) < 4.78 is 5.73. The Labute approximate surface area is 68.4 Å². The van der Waals surface area contributed by atoms with Gasteiger partial charge in [0.05, 0.1) is 12.2 Å². The molecule has 0 saturated heterocycles. The lowest BCUT2D eigenvalue weighted by molar-refractivity contribution is -0.105. The Balaban J connectivity index is 2.97.